The number of nitrogens with one attached hydrogen (secondary N) is 1. The second-order valence-electron chi connectivity index (χ2n) is 10.1. The molecule has 0 spiro atoms. The van der Waals surface area contributed by atoms with E-state index in [1.807, 2.05) is 56.3 Å². The first-order valence-corrected chi connectivity index (χ1v) is 15.2. The van der Waals surface area contributed by atoms with Gasteiger partial charge in [0.2, 0.25) is 21.8 Å². The second-order valence-corrected chi connectivity index (χ2v) is 12.0. The van der Waals surface area contributed by atoms with Crippen LogP contribution in [-0.4, -0.2) is 57.1 Å². The highest BCUT2D eigenvalue weighted by Gasteiger charge is 2.30. The largest absolute Gasteiger partial charge is 0.497 e. The van der Waals surface area contributed by atoms with Crippen molar-refractivity contribution >= 4 is 27.5 Å². The van der Waals surface area contributed by atoms with Crippen LogP contribution in [-0.2, 0) is 26.2 Å². The van der Waals surface area contributed by atoms with Gasteiger partial charge < -0.3 is 15.0 Å². The monoisotopic (exact) mass is 543 g/mol. The topological polar surface area (TPSA) is 96.0 Å². The Morgan fingerprint density at radius 1 is 1.11 bits per heavy atom. The molecule has 0 bridgehead atoms. The van der Waals surface area contributed by atoms with Gasteiger partial charge in [-0.2, -0.15) is 0 Å². The number of rotatable bonds is 13. The number of nitrogens with zero attached hydrogens (tertiary/aromatic N) is 2. The number of methoxy groups -OCH3 is 1. The van der Waals surface area contributed by atoms with Crippen LogP contribution >= 0.6 is 0 Å². The van der Waals surface area contributed by atoms with Gasteiger partial charge in [0.15, 0.2) is 0 Å². The number of hydrogen-bond donors (Lipinski definition) is 1. The van der Waals surface area contributed by atoms with Crippen molar-refractivity contribution in [1.82, 2.24) is 10.2 Å². The van der Waals surface area contributed by atoms with Crippen molar-refractivity contribution in [1.29, 1.82) is 0 Å². The van der Waals surface area contributed by atoms with Gasteiger partial charge in [0.1, 0.15) is 11.8 Å². The SMILES string of the molecule is CCC(C(=O)NC1CCCC1)N(Cc1cccc(OC)c1)C(=O)CCCN(c1cccc(C)c1)S(C)(=O)=O. The van der Waals surface area contributed by atoms with Crippen molar-refractivity contribution in [3.63, 3.8) is 0 Å². The van der Waals surface area contributed by atoms with Crippen LogP contribution in [0, 0.1) is 6.92 Å². The van der Waals surface area contributed by atoms with Crippen LogP contribution in [0.3, 0.4) is 0 Å². The fourth-order valence-corrected chi connectivity index (χ4v) is 6.00. The summed E-state index contributed by atoms with van der Waals surface area (Å²) in [7, 11) is -1.94. The molecule has 1 N–H and O–H groups in total. The zero-order valence-electron chi connectivity index (χ0n) is 23.0. The zero-order valence-corrected chi connectivity index (χ0v) is 23.8. The van der Waals surface area contributed by atoms with Crippen LogP contribution in [0.15, 0.2) is 48.5 Å². The molecule has 8 nitrogen and oxygen atoms in total. The molecular weight excluding hydrogens is 502 g/mol. The van der Waals surface area contributed by atoms with Crippen molar-refractivity contribution in [2.75, 3.05) is 24.2 Å². The average molecular weight is 544 g/mol. The molecule has 1 aliphatic carbocycles. The van der Waals surface area contributed by atoms with Gasteiger partial charge in [-0.3, -0.25) is 13.9 Å². The van der Waals surface area contributed by atoms with Crippen molar-refractivity contribution < 1.29 is 22.7 Å². The minimum Gasteiger partial charge on any atom is -0.497 e. The minimum atomic E-state index is -3.53. The van der Waals surface area contributed by atoms with Gasteiger partial charge in [0.05, 0.1) is 19.1 Å². The lowest BCUT2D eigenvalue weighted by Crippen LogP contribution is -2.51. The molecule has 0 heterocycles. The molecule has 0 saturated heterocycles. The van der Waals surface area contributed by atoms with E-state index in [1.54, 1.807) is 18.1 Å². The summed E-state index contributed by atoms with van der Waals surface area (Å²) in [5, 5.41) is 3.15. The smallest absolute Gasteiger partial charge is 0.243 e. The number of ether oxygens (including phenoxy) is 1. The number of sulfonamides is 1. The van der Waals surface area contributed by atoms with E-state index in [2.05, 4.69) is 5.32 Å². The van der Waals surface area contributed by atoms with Gasteiger partial charge in [-0.25, -0.2) is 8.42 Å². The van der Waals surface area contributed by atoms with Crippen LogP contribution < -0.4 is 14.4 Å². The normalized spacial score (nSPS) is 14.6. The molecule has 1 aliphatic rings. The maximum atomic E-state index is 13.6. The second kappa shape index (κ2) is 13.6. The van der Waals surface area contributed by atoms with Crippen molar-refractivity contribution in [2.45, 2.75) is 77.4 Å². The first kappa shape index (κ1) is 29.5. The molecule has 0 radical (unpaired) electrons. The molecule has 1 fully saturated rings. The van der Waals surface area contributed by atoms with E-state index in [1.165, 1.54) is 10.6 Å². The Labute approximate surface area is 227 Å². The number of hydrogen-bond acceptors (Lipinski definition) is 5. The molecule has 0 aromatic heterocycles. The molecule has 2 amide bonds. The number of anilines is 1. The van der Waals surface area contributed by atoms with Gasteiger partial charge in [-0.1, -0.05) is 44.0 Å². The molecule has 38 heavy (non-hydrogen) atoms. The fraction of sp³-hybridized carbons (Fsp3) is 0.517. The number of amides is 2. The van der Waals surface area contributed by atoms with Crippen LogP contribution in [0.25, 0.3) is 0 Å². The molecule has 208 valence electrons. The highest BCUT2D eigenvalue weighted by Crippen LogP contribution is 2.23. The summed E-state index contributed by atoms with van der Waals surface area (Å²) in [4.78, 5) is 28.6. The van der Waals surface area contributed by atoms with Crippen LogP contribution in [0.1, 0.15) is 63.0 Å². The highest BCUT2D eigenvalue weighted by atomic mass is 32.2. The maximum absolute atomic E-state index is 13.6. The number of aryl methyl sites for hydroxylation is 1. The van der Waals surface area contributed by atoms with Gasteiger partial charge in [0.25, 0.3) is 0 Å². The van der Waals surface area contributed by atoms with E-state index in [4.69, 9.17) is 4.74 Å². The molecule has 2 aromatic rings. The molecule has 9 heteroatoms. The summed E-state index contributed by atoms with van der Waals surface area (Å²) in [6.45, 7) is 4.26. The van der Waals surface area contributed by atoms with Crippen LogP contribution in [0.5, 0.6) is 5.75 Å². The first-order chi connectivity index (χ1) is 18.1. The fourth-order valence-electron chi connectivity index (χ4n) is 5.04. The Hall–Kier alpha value is -3.07. The predicted octanol–water partition coefficient (Wildman–Crippen LogP) is 4.42. The van der Waals surface area contributed by atoms with E-state index >= 15 is 0 Å². The maximum Gasteiger partial charge on any atom is 0.243 e. The lowest BCUT2D eigenvalue weighted by atomic mass is 10.1. The van der Waals surface area contributed by atoms with Crippen molar-refractivity contribution in [2.24, 2.45) is 0 Å². The third kappa shape index (κ3) is 8.21. The summed E-state index contributed by atoms with van der Waals surface area (Å²) in [5.74, 6) is 0.368. The Kier molecular flexibility index (Phi) is 10.6. The van der Waals surface area contributed by atoms with Crippen LogP contribution in [0.2, 0.25) is 0 Å². The number of benzene rings is 2. The standard InChI is InChI=1S/C29H41N3O5S/c1-5-27(29(34)30-24-13-6-7-14-24)31(21-23-12-9-16-26(20-23)37-3)28(33)17-10-18-32(38(4,35)36)25-15-8-11-22(2)19-25/h8-9,11-12,15-16,19-20,24,27H,5-7,10,13-14,17-18,21H2,1-4H3,(H,30,34). The van der Waals surface area contributed by atoms with E-state index in [-0.39, 0.29) is 37.4 Å². The third-order valence-corrected chi connectivity index (χ3v) is 8.21. The quantitative estimate of drug-likeness (QED) is 0.404. The summed E-state index contributed by atoms with van der Waals surface area (Å²) in [6.07, 6.45) is 6.24. The lowest BCUT2D eigenvalue weighted by molar-refractivity contribution is -0.141. The van der Waals surface area contributed by atoms with Crippen molar-refractivity contribution in [3.8, 4) is 5.75 Å². The van der Waals surface area contributed by atoms with Gasteiger partial charge in [-0.05, 0) is 68.0 Å². The van der Waals surface area contributed by atoms with Crippen molar-refractivity contribution in [3.05, 3.63) is 59.7 Å². The van der Waals surface area contributed by atoms with Gasteiger partial charge in [0, 0.05) is 25.6 Å². The van der Waals surface area contributed by atoms with Gasteiger partial charge >= 0.3 is 0 Å². The van der Waals surface area contributed by atoms with Gasteiger partial charge in [-0.15, -0.1) is 0 Å². The van der Waals surface area contributed by atoms with E-state index in [9.17, 15) is 18.0 Å². The van der Waals surface area contributed by atoms with E-state index < -0.39 is 16.1 Å². The average Bonchev–Trinajstić information content (AvgIpc) is 3.38. The number of carbonyl (C=O) groups excluding carboxylic acids is 2. The lowest BCUT2D eigenvalue weighted by Gasteiger charge is -2.32. The predicted molar refractivity (Wildman–Crippen MR) is 151 cm³/mol. The zero-order chi connectivity index (χ0) is 27.7. The summed E-state index contributed by atoms with van der Waals surface area (Å²) >= 11 is 0. The molecule has 0 aliphatic heterocycles. The Bertz CT molecular complexity index is 1190. The third-order valence-electron chi connectivity index (χ3n) is 7.02. The Morgan fingerprint density at radius 2 is 1.82 bits per heavy atom. The first-order valence-electron chi connectivity index (χ1n) is 13.4. The highest BCUT2D eigenvalue weighted by molar-refractivity contribution is 7.92. The molecular formula is C29H41N3O5S. The van der Waals surface area contributed by atoms with Crippen LogP contribution in [0.4, 0.5) is 5.69 Å². The Balaban J connectivity index is 1.77. The summed E-state index contributed by atoms with van der Waals surface area (Å²) in [5.41, 5.74) is 2.40. The minimum absolute atomic E-state index is 0.120. The van der Waals surface area contributed by atoms with E-state index in [0.717, 1.165) is 36.8 Å². The van der Waals surface area contributed by atoms with E-state index in [0.29, 0.717) is 24.3 Å². The molecule has 1 unspecified atom stereocenters. The number of carbonyl (C=O) groups is 2. The summed E-state index contributed by atoms with van der Waals surface area (Å²) in [6, 6.07) is 14.3. The molecule has 3 rings (SSSR count). The molecule has 1 saturated carbocycles. The molecule has 1 atom stereocenters. The Morgan fingerprint density at radius 3 is 2.45 bits per heavy atom. The summed E-state index contributed by atoms with van der Waals surface area (Å²) < 4.78 is 31.7. The molecule has 2 aromatic carbocycles.